The van der Waals surface area contributed by atoms with E-state index < -0.39 is 11.9 Å². The normalized spacial score (nSPS) is 8.71. The zero-order chi connectivity index (χ0) is 13.3. The Hall–Kier alpha value is -1.91. The summed E-state index contributed by atoms with van der Waals surface area (Å²) in [6.45, 7) is 6.85. The fourth-order valence-corrected chi connectivity index (χ4v) is 0.951. The first-order chi connectivity index (χ1) is 8.08. The molecule has 0 saturated heterocycles. The second-order valence-electron chi connectivity index (χ2n) is 3.05. The van der Waals surface area contributed by atoms with Gasteiger partial charge in [-0.3, -0.25) is 9.59 Å². The first-order valence-corrected chi connectivity index (χ1v) is 5.44. The van der Waals surface area contributed by atoms with E-state index in [0.717, 1.165) is 5.56 Å². The molecule has 0 spiro atoms. The maximum atomic E-state index is 11.2. The van der Waals surface area contributed by atoms with Gasteiger partial charge in [0.15, 0.2) is 6.61 Å². The molecule has 1 N–H and O–H groups in total. The minimum atomic E-state index is -0.484. The third kappa shape index (κ3) is 7.05. The van der Waals surface area contributed by atoms with Gasteiger partial charge < -0.3 is 10.1 Å². The lowest BCUT2D eigenvalue weighted by Crippen LogP contribution is -2.20. The highest BCUT2D eigenvalue weighted by molar-refractivity contribution is 5.91. The molecule has 17 heavy (non-hydrogen) atoms. The predicted octanol–water partition coefficient (Wildman–Crippen LogP) is 1.92. The summed E-state index contributed by atoms with van der Waals surface area (Å²) >= 11 is 0. The van der Waals surface area contributed by atoms with Crippen LogP contribution in [0.4, 0.5) is 5.82 Å². The number of pyridine rings is 1. The Labute approximate surface area is 101 Å². The number of carbonyl (C=O) groups is 2. The number of esters is 1. The predicted molar refractivity (Wildman–Crippen MR) is 65.6 cm³/mol. The Bertz CT molecular complexity index is 378. The molecule has 0 atom stereocenters. The zero-order valence-corrected chi connectivity index (χ0v) is 10.6. The molecule has 1 rings (SSSR count). The van der Waals surface area contributed by atoms with Crippen molar-refractivity contribution in [2.45, 2.75) is 27.7 Å². The molecule has 0 bridgehead atoms. The molecule has 0 fully saturated rings. The van der Waals surface area contributed by atoms with Gasteiger partial charge in [-0.05, 0) is 24.6 Å². The van der Waals surface area contributed by atoms with Crippen LogP contribution in [0.2, 0.25) is 0 Å². The third-order valence-electron chi connectivity index (χ3n) is 1.59. The average Bonchev–Trinajstić information content (AvgIpc) is 2.29. The molecule has 0 aliphatic rings. The van der Waals surface area contributed by atoms with Crippen LogP contribution in [0.3, 0.4) is 0 Å². The second-order valence-corrected chi connectivity index (χ2v) is 3.05. The van der Waals surface area contributed by atoms with Crippen molar-refractivity contribution in [1.29, 1.82) is 0 Å². The summed E-state index contributed by atoms with van der Waals surface area (Å²) in [5.74, 6) is -0.433. The molecule has 5 nitrogen and oxygen atoms in total. The number of carbonyl (C=O) groups excluding carboxylic acids is 2. The Morgan fingerprint density at radius 2 is 2.06 bits per heavy atom. The number of amides is 1. The molecular weight excluding hydrogens is 220 g/mol. The number of nitrogens with one attached hydrogen (secondary N) is 1. The third-order valence-corrected chi connectivity index (χ3v) is 1.59. The van der Waals surface area contributed by atoms with Gasteiger partial charge in [-0.25, -0.2) is 4.98 Å². The summed E-state index contributed by atoms with van der Waals surface area (Å²) in [6, 6.07) is 3.55. The smallest absolute Gasteiger partial charge is 0.303 e. The molecule has 0 aromatic carbocycles. The second kappa shape index (κ2) is 8.27. The molecule has 1 aromatic rings. The zero-order valence-electron chi connectivity index (χ0n) is 10.6. The molecule has 5 heteroatoms. The molecule has 0 aliphatic heterocycles. The summed E-state index contributed by atoms with van der Waals surface area (Å²) in [4.78, 5) is 25.6. The van der Waals surface area contributed by atoms with Crippen molar-refractivity contribution in [2.75, 3.05) is 11.9 Å². The van der Waals surface area contributed by atoms with Crippen LogP contribution in [0.5, 0.6) is 0 Å². The van der Waals surface area contributed by atoms with Crippen LogP contribution in [0.15, 0.2) is 18.3 Å². The number of nitrogens with zero attached hydrogens (tertiary/aromatic N) is 1. The molecule has 1 heterocycles. The highest BCUT2D eigenvalue weighted by Crippen LogP contribution is 2.04. The van der Waals surface area contributed by atoms with E-state index in [-0.39, 0.29) is 6.61 Å². The van der Waals surface area contributed by atoms with Gasteiger partial charge in [0.25, 0.3) is 5.91 Å². The van der Waals surface area contributed by atoms with E-state index in [4.69, 9.17) is 0 Å². The van der Waals surface area contributed by atoms with Crippen LogP contribution >= 0.6 is 0 Å². The van der Waals surface area contributed by atoms with Crippen LogP contribution in [-0.4, -0.2) is 23.5 Å². The maximum Gasteiger partial charge on any atom is 0.303 e. The highest BCUT2D eigenvalue weighted by atomic mass is 16.5. The van der Waals surface area contributed by atoms with E-state index in [0.29, 0.717) is 5.82 Å². The lowest BCUT2D eigenvalue weighted by Gasteiger charge is -2.04. The van der Waals surface area contributed by atoms with E-state index in [9.17, 15) is 9.59 Å². The van der Waals surface area contributed by atoms with Gasteiger partial charge >= 0.3 is 5.97 Å². The quantitative estimate of drug-likeness (QED) is 0.817. The van der Waals surface area contributed by atoms with Crippen molar-refractivity contribution in [3.8, 4) is 0 Å². The van der Waals surface area contributed by atoms with Crippen LogP contribution in [0.25, 0.3) is 0 Å². The van der Waals surface area contributed by atoms with Crippen molar-refractivity contribution >= 4 is 17.7 Å². The van der Waals surface area contributed by atoms with E-state index >= 15 is 0 Å². The summed E-state index contributed by atoms with van der Waals surface area (Å²) in [5.41, 5.74) is 0.993. The average molecular weight is 238 g/mol. The lowest BCUT2D eigenvalue weighted by atomic mass is 10.3. The van der Waals surface area contributed by atoms with E-state index in [1.54, 1.807) is 12.3 Å². The van der Waals surface area contributed by atoms with Crippen molar-refractivity contribution in [2.24, 2.45) is 0 Å². The van der Waals surface area contributed by atoms with E-state index in [1.165, 1.54) is 6.92 Å². The van der Waals surface area contributed by atoms with Gasteiger partial charge in [0, 0.05) is 13.1 Å². The standard InChI is InChI=1S/C10H12N2O3.C2H6/c1-7-3-4-11-9(5-7)12-10(14)6-15-8(2)13;1-2/h3-5H,6H2,1-2H3,(H,11,12,14);1-2H3. The number of ether oxygens (including phenoxy) is 1. The summed E-state index contributed by atoms with van der Waals surface area (Å²) < 4.78 is 4.53. The number of hydrogen-bond donors (Lipinski definition) is 1. The number of rotatable bonds is 3. The van der Waals surface area contributed by atoms with Crippen LogP contribution in [-0.2, 0) is 14.3 Å². The first-order valence-electron chi connectivity index (χ1n) is 5.44. The van der Waals surface area contributed by atoms with Gasteiger partial charge in [-0.2, -0.15) is 0 Å². The highest BCUT2D eigenvalue weighted by Gasteiger charge is 2.04. The van der Waals surface area contributed by atoms with Crippen LogP contribution in [0, 0.1) is 6.92 Å². The number of anilines is 1. The van der Waals surface area contributed by atoms with Crippen molar-refractivity contribution in [3.63, 3.8) is 0 Å². The summed E-state index contributed by atoms with van der Waals surface area (Å²) in [5, 5.41) is 2.51. The van der Waals surface area contributed by atoms with E-state index in [1.807, 2.05) is 26.8 Å². The number of hydrogen-bond acceptors (Lipinski definition) is 4. The van der Waals surface area contributed by atoms with E-state index in [2.05, 4.69) is 15.0 Å². The van der Waals surface area contributed by atoms with Crippen molar-refractivity contribution < 1.29 is 14.3 Å². The molecule has 0 unspecified atom stereocenters. The lowest BCUT2D eigenvalue weighted by molar-refractivity contribution is -0.144. The maximum absolute atomic E-state index is 11.2. The minimum Gasteiger partial charge on any atom is -0.456 e. The topological polar surface area (TPSA) is 68.3 Å². The summed E-state index contributed by atoms with van der Waals surface area (Å²) in [6.07, 6.45) is 1.59. The summed E-state index contributed by atoms with van der Waals surface area (Å²) in [7, 11) is 0. The fraction of sp³-hybridized carbons (Fsp3) is 0.417. The van der Waals surface area contributed by atoms with Crippen LogP contribution < -0.4 is 5.32 Å². The molecular formula is C12H18N2O3. The number of aromatic nitrogens is 1. The van der Waals surface area contributed by atoms with Gasteiger partial charge in [-0.15, -0.1) is 0 Å². The molecule has 0 radical (unpaired) electrons. The molecule has 0 aliphatic carbocycles. The molecule has 0 saturated carbocycles. The monoisotopic (exact) mass is 238 g/mol. The Morgan fingerprint density at radius 3 is 2.59 bits per heavy atom. The fourth-order valence-electron chi connectivity index (χ4n) is 0.951. The van der Waals surface area contributed by atoms with Gasteiger partial charge in [-0.1, -0.05) is 13.8 Å². The van der Waals surface area contributed by atoms with Gasteiger partial charge in [0.1, 0.15) is 5.82 Å². The van der Waals surface area contributed by atoms with Crippen LogP contribution in [0.1, 0.15) is 26.3 Å². The van der Waals surface area contributed by atoms with Gasteiger partial charge in [0.2, 0.25) is 0 Å². The molecule has 94 valence electrons. The number of aryl methyl sites for hydroxylation is 1. The Balaban J connectivity index is 0.00000121. The Morgan fingerprint density at radius 1 is 1.41 bits per heavy atom. The SMILES string of the molecule is CC.CC(=O)OCC(=O)Nc1cc(C)ccn1. The Kier molecular flexibility index (Phi) is 7.34. The molecule has 1 aromatic heterocycles. The van der Waals surface area contributed by atoms with Crippen molar-refractivity contribution in [1.82, 2.24) is 4.98 Å². The van der Waals surface area contributed by atoms with Gasteiger partial charge in [0.05, 0.1) is 0 Å². The minimum absolute atomic E-state index is 0.287. The molecule has 1 amide bonds. The largest absolute Gasteiger partial charge is 0.456 e. The van der Waals surface area contributed by atoms with Crippen molar-refractivity contribution in [3.05, 3.63) is 23.9 Å². The first kappa shape index (κ1) is 15.1.